The standard InChI is InChI=1S/C22H21FN6O3S2.C17H17FN4/c1-15(30)28-22-26-13-21(33-22)34(31,32)27-11-19-7-4-17(10-25-19)20-12-24-14-29(20)9-8-16-2-5-18(23)6-3-16;18-15-4-1-13(2-5-15)7-8-22-12-20-11-17(22)14-3-6-16(9-19)21-10-14/h2-7,10,12-14,27H,8-9,11H2,1H3,(H,26,28,30);1-6,10-12H,7-9,19H2. The van der Waals surface area contributed by atoms with Crippen LogP contribution in [0.5, 0.6) is 0 Å². The van der Waals surface area contributed by atoms with Crippen molar-refractivity contribution in [2.45, 2.75) is 50.2 Å². The molecule has 0 aliphatic rings. The SMILES string of the molecule is CC(=O)Nc1ncc(S(=O)(=O)NCc2ccc(-c3cncn3CCc3ccc(F)cc3)cn2)s1.NCc1ccc(-c2cncn2CCc2ccc(F)cc2)cn1. The zero-order valence-corrected chi connectivity index (χ0v) is 31.9. The second-order valence-corrected chi connectivity index (χ2v) is 15.5. The molecular weight excluding hydrogens is 759 g/mol. The predicted octanol–water partition coefficient (Wildman–Crippen LogP) is 6.01. The molecule has 7 rings (SSSR count). The molecule has 0 bridgehead atoms. The summed E-state index contributed by atoms with van der Waals surface area (Å²) < 4.78 is 57.5. The second kappa shape index (κ2) is 18.5. The van der Waals surface area contributed by atoms with E-state index in [2.05, 4.69) is 39.5 Å². The Morgan fingerprint density at radius 2 is 1.23 bits per heavy atom. The fourth-order valence-electron chi connectivity index (χ4n) is 5.49. The molecular formula is C39H38F2N10O3S2. The van der Waals surface area contributed by atoms with E-state index in [9.17, 15) is 22.0 Å². The van der Waals surface area contributed by atoms with Crippen molar-refractivity contribution >= 4 is 32.4 Å². The van der Waals surface area contributed by atoms with Gasteiger partial charge in [0.15, 0.2) is 9.34 Å². The van der Waals surface area contributed by atoms with E-state index in [1.807, 2.05) is 47.3 Å². The monoisotopic (exact) mass is 796 g/mol. The molecule has 0 aliphatic carbocycles. The minimum atomic E-state index is -3.79. The summed E-state index contributed by atoms with van der Waals surface area (Å²) in [6.07, 6.45) is 13.3. The molecule has 0 radical (unpaired) electrons. The highest BCUT2D eigenvalue weighted by Gasteiger charge is 2.18. The first-order valence-corrected chi connectivity index (χ1v) is 19.7. The molecule has 56 heavy (non-hydrogen) atoms. The zero-order valence-electron chi connectivity index (χ0n) is 30.2. The second-order valence-electron chi connectivity index (χ2n) is 12.5. The van der Waals surface area contributed by atoms with E-state index < -0.39 is 10.0 Å². The fourth-order valence-corrected chi connectivity index (χ4v) is 7.61. The Hall–Kier alpha value is -6.01. The number of carbonyl (C=O) groups excluding carboxylic acids is 1. The van der Waals surface area contributed by atoms with E-state index in [4.69, 9.17) is 5.73 Å². The van der Waals surface area contributed by atoms with Crippen molar-refractivity contribution in [1.82, 2.24) is 38.8 Å². The maximum atomic E-state index is 13.1. The average Bonchev–Trinajstić information content (AvgIpc) is 3.99. The Kier molecular flexibility index (Phi) is 13.1. The van der Waals surface area contributed by atoms with Crippen LogP contribution in [0.3, 0.4) is 0 Å². The number of pyridine rings is 2. The Bertz CT molecular complexity index is 2450. The van der Waals surface area contributed by atoms with Crippen LogP contribution in [0, 0.1) is 11.6 Å². The van der Waals surface area contributed by atoms with Crippen LogP contribution in [0.1, 0.15) is 29.4 Å². The molecule has 5 aromatic heterocycles. The molecule has 0 unspecified atom stereocenters. The third-order valence-corrected chi connectivity index (χ3v) is 11.2. The van der Waals surface area contributed by atoms with Crippen molar-refractivity contribution in [2.75, 3.05) is 5.32 Å². The number of anilines is 1. The number of imidazole rings is 2. The van der Waals surface area contributed by atoms with Gasteiger partial charge in [-0.1, -0.05) is 35.6 Å². The molecule has 5 heterocycles. The summed E-state index contributed by atoms with van der Waals surface area (Å²) in [5.41, 5.74) is 12.8. The molecule has 288 valence electrons. The van der Waals surface area contributed by atoms with Crippen molar-refractivity contribution < 1.29 is 22.0 Å². The van der Waals surface area contributed by atoms with Gasteiger partial charge in [0.2, 0.25) is 5.91 Å². The van der Waals surface area contributed by atoms with Gasteiger partial charge in [-0.25, -0.2) is 36.9 Å². The van der Waals surface area contributed by atoms with E-state index >= 15 is 0 Å². The molecule has 0 atom stereocenters. The van der Waals surface area contributed by atoms with E-state index in [1.54, 1.807) is 43.2 Å². The summed E-state index contributed by atoms with van der Waals surface area (Å²) in [6.45, 7) is 3.20. The quantitative estimate of drug-likeness (QED) is 0.119. The van der Waals surface area contributed by atoms with Gasteiger partial charge in [-0.2, -0.15) is 0 Å². The molecule has 17 heteroatoms. The van der Waals surface area contributed by atoms with Crippen LogP contribution in [-0.4, -0.2) is 48.4 Å². The molecule has 2 aromatic carbocycles. The Balaban J connectivity index is 0.000000208. The number of halogens is 2. The number of rotatable bonds is 14. The van der Waals surface area contributed by atoms with Crippen LogP contribution in [0.2, 0.25) is 0 Å². The molecule has 4 N–H and O–H groups in total. The molecule has 0 spiro atoms. The third kappa shape index (κ3) is 10.8. The first kappa shape index (κ1) is 39.7. The zero-order chi connectivity index (χ0) is 39.5. The molecule has 0 aliphatic heterocycles. The number of aryl methyl sites for hydroxylation is 4. The molecule has 13 nitrogen and oxygen atoms in total. The van der Waals surface area contributed by atoms with Crippen molar-refractivity contribution in [2.24, 2.45) is 5.73 Å². The lowest BCUT2D eigenvalue weighted by Crippen LogP contribution is -2.22. The summed E-state index contributed by atoms with van der Waals surface area (Å²) in [6, 6.07) is 20.5. The number of hydrogen-bond donors (Lipinski definition) is 3. The number of carbonyl (C=O) groups is 1. The fraction of sp³-hybridized carbons (Fsp3) is 0.179. The minimum absolute atomic E-state index is 0.000186. The van der Waals surface area contributed by atoms with Crippen molar-refractivity contribution in [3.63, 3.8) is 0 Å². The number of aromatic nitrogens is 7. The first-order chi connectivity index (χ1) is 27.1. The van der Waals surface area contributed by atoms with Gasteiger partial charge < -0.3 is 20.2 Å². The average molecular weight is 797 g/mol. The van der Waals surface area contributed by atoms with Crippen LogP contribution >= 0.6 is 11.3 Å². The van der Waals surface area contributed by atoms with Crippen molar-refractivity contribution in [1.29, 1.82) is 0 Å². The maximum Gasteiger partial charge on any atom is 0.252 e. The van der Waals surface area contributed by atoms with Gasteiger partial charge in [0.1, 0.15) is 11.6 Å². The smallest absolute Gasteiger partial charge is 0.252 e. The molecule has 1 amide bonds. The summed E-state index contributed by atoms with van der Waals surface area (Å²) in [5.74, 6) is -0.798. The van der Waals surface area contributed by atoms with E-state index in [0.717, 1.165) is 70.1 Å². The summed E-state index contributed by atoms with van der Waals surface area (Å²) in [4.78, 5) is 32.1. The number of nitrogens with one attached hydrogen (secondary N) is 2. The van der Waals surface area contributed by atoms with Crippen LogP contribution in [0.4, 0.5) is 13.9 Å². The molecule has 0 saturated heterocycles. The lowest BCUT2D eigenvalue weighted by Gasteiger charge is -2.09. The lowest BCUT2D eigenvalue weighted by molar-refractivity contribution is -0.114. The molecule has 0 fully saturated rings. The highest BCUT2D eigenvalue weighted by atomic mass is 32.2. The van der Waals surface area contributed by atoms with Gasteiger partial charge >= 0.3 is 0 Å². The summed E-state index contributed by atoms with van der Waals surface area (Å²) >= 11 is 0.867. The van der Waals surface area contributed by atoms with E-state index in [0.29, 0.717) is 18.8 Å². The predicted molar refractivity (Wildman–Crippen MR) is 209 cm³/mol. The number of sulfonamides is 1. The van der Waals surface area contributed by atoms with E-state index in [1.165, 1.54) is 37.4 Å². The minimum Gasteiger partial charge on any atom is -0.330 e. The Morgan fingerprint density at radius 3 is 1.70 bits per heavy atom. The summed E-state index contributed by atoms with van der Waals surface area (Å²) in [7, 11) is -3.79. The van der Waals surface area contributed by atoms with Crippen LogP contribution in [-0.2, 0) is 53.8 Å². The molecule has 7 aromatic rings. The third-order valence-electron chi connectivity index (χ3n) is 8.46. The summed E-state index contributed by atoms with van der Waals surface area (Å²) in [5, 5.41) is 2.67. The van der Waals surface area contributed by atoms with Gasteiger partial charge in [-0.05, 0) is 72.5 Å². The first-order valence-electron chi connectivity index (χ1n) is 17.4. The number of nitrogens with zero attached hydrogens (tertiary/aromatic N) is 7. The number of benzene rings is 2. The topological polar surface area (TPSA) is 176 Å². The Morgan fingerprint density at radius 1 is 0.714 bits per heavy atom. The highest BCUT2D eigenvalue weighted by molar-refractivity contribution is 7.91. The number of nitrogens with two attached hydrogens (primary N) is 1. The van der Waals surface area contributed by atoms with Gasteiger partial charge in [-0.3, -0.25) is 14.8 Å². The number of thiazole rings is 1. The lowest BCUT2D eigenvalue weighted by atomic mass is 10.1. The number of hydrogen-bond acceptors (Lipinski definition) is 10. The van der Waals surface area contributed by atoms with Gasteiger partial charge in [0.25, 0.3) is 10.0 Å². The van der Waals surface area contributed by atoms with Gasteiger partial charge in [-0.15, -0.1) is 0 Å². The normalized spacial score (nSPS) is 11.2. The molecule has 0 saturated carbocycles. The van der Waals surface area contributed by atoms with Crippen molar-refractivity contribution in [3.8, 4) is 22.5 Å². The van der Waals surface area contributed by atoms with E-state index in [-0.39, 0.29) is 33.4 Å². The number of amides is 1. The largest absolute Gasteiger partial charge is 0.330 e. The maximum absolute atomic E-state index is 13.1. The van der Waals surface area contributed by atoms with Crippen LogP contribution < -0.4 is 15.8 Å². The van der Waals surface area contributed by atoms with Crippen LogP contribution in [0.15, 0.2) is 121 Å². The van der Waals surface area contributed by atoms with Gasteiger partial charge in [0.05, 0.1) is 60.6 Å². The van der Waals surface area contributed by atoms with Crippen molar-refractivity contribution in [3.05, 3.63) is 151 Å². The van der Waals surface area contributed by atoms with Gasteiger partial charge in [0, 0.05) is 50.1 Å². The highest BCUT2D eigenvalue weighted by Crippen LogP contribution is 2.24. The Labute approximate surface area is 326 Å². The van der Waals surface area contributed by atoms with Crippen LogP contribution in [0.25, 0.3) is 22.5 Å².